The van der Waals surface area contributed by atoms with Crippen molar-refractivity contribution in [2.24, 2.45) is 4.99 Å². The van der Waals surface area contributed by atoms with Crippen molar-refractivity contribution in [2.45, 2.75) is 13.0 Å². The van der Waals surface area contributed by atoms with Gasteiger partial charge in [-0.25, -0.2) is 4.99 Å². The molecule has 1 atom stereocenters. The summed E-state index contributed by atoms with van der Waals surface area (Å²) in [5.74, 6) is 1.34. The van der Waals surface area contributed by atoms with Gasteiger partial charge in [-0.05, 0) is 24.6 Å². The van der Waals surface area contributed by atoms with Crippen molar-refractivity contribution in [1.82, 2.24) is 0 Å². The SMILES string of the molecule is C=C(C)COC1=Nc2ccccc2OC1c1ccccc1. The molecule has 0 aliphatic carbocycles. The molecule has 2 aromatic rings. The lowest BCUT2D eigenvalue weighted by atomic mass is 10.1. The number of hydrogen-bond acceptors (Lipinski definition) is 3. The summed E-state index contributed by atoms with van der Waals surface area (Å²) in [6.07, 6.45) is -0.319. The fourth-order valence-electron chi connectivity index (χ4n) is 2.15. The first-order valence-electron chi connectivity index (χ1n) is 6.90. The van der Waals surface area contributed by atoms with Crippen LogP contribution in [-0.2, 0) is 4.74 Å². The zero-order valence-corrected chi connectivity index (χ0v) is 12.0. The first-order chi connectivity index (χ1) is 10.2. The molecule has 0 bridgehead atoms. The average molecular weight is 279 g/mol. The van der Waals surface area contributed by atoms with E-state index < -0.39 is 0 Å². The zero-order valence-electron chi connectivity index (χ0n) is 12.0. The van der Waals surface area contributed by atoms with Crippen LogP contribution in [0.3, 0.4) is 0 Å². The molecule has 1 aliphatic heterocycles. The number of hydrogen-bond donors (Lipinski definition) is 0. The highest BCUT2D eigenvalue weighted by molar-refractivity contribution is 5.88. The van der Waals surface area contributed by atoms with E-state index in [0.717, 1.165) is 22.6 Å². The van der Waals surface area contributed by atoms with Crippen molar-refractivity contribution in [3.63, 3.8) is 0 Å². The number of ether oxygens (including phenoxy) is 2. The first-order valence-corrected chi connectivity index (χ1v) is 6.90. The Bertz CT molecular complexity index is 677. The van der Waals surface area contributed by atoms with Crippen LogP contribution in [0.1, 0.15) is 18.6 Å². The third-order valence-electron chi connectivity index (χ3n) is 3.13. The minimum absolute atomic E-state index is 0.319. The molecular formula is C18H17NO2. The van der Waals surface area contributed by atoms with Gasteiger partial charge in [0.25, 0.3) is 0 Å². The second-order valence-corrected chi connectivity index (χ2v) is 5.07. The van der Waals surface area contributed by atoms with Gasteiger partial charge in [0.15, 0.2) is 6.10 Å². The summed E-state index contributed by atoms with van der Waals surface area (Å²) in [6.45, 7) is 6.23. The normalized spacial score (nSPS) is 16.4. The van der Waals surface area contributed by atoms with Gasteiger partial charge in [0, 0.05) is 5.56 Å². The lowest BCUT2D eigenvalue weighted by Crippen LogP contribution is -2.24. The fourth-order valence-corrected chi connectivity index (χ4v) is 2.15. The van der Waals surface area contributed by atoms with Gasteiger partial charge in [-0.2, -0.15) is 0 Å². The lowest BCUT2D eigenvalue weighted by molar-refractivity contribution is 0.210. The highest BCUT2D eigenvalue weighted by Crippen LogP contribution is 2.37. The predicted octanol–water partition coefficient (Wildman–Crippen LogP) is 4.44. The van der Waals surface area contributed by atoms with Crippen LogP contribution in [0.15, 0.2) is 71.7 Å². The molecule has 0 amide bonds. The Kier molecular flexibility index (Phi) is 3.73. The van der Waals surface area contributed by atoms with Crippen molar-refractivity contribution in [3.05, 3.63) is 72.3 Å². The average Bonchev–Trinajstić information content (AvgIpc) is 2.53. The second kappa shape index (κ2) is 5.83. The molecule has 0 aromatic heterocycles. The molecule has 1 unspecified atom stereocenters. The van der Waals surface area contributed by atoms with E-state index in [9.17, 15) is 0 Å². The van der Waals surface area contributed by atoms with Crippen LogP contribution in [0.25, 0.3) is 0 Å². The number of fused-ring (bicyclic) bond motifs is 1. The van der Waals surface area contributed by atoms with Crippen LogP contribution in [0.2, 0.25) is 0 Å². The number of para-hydroxylation sites is 2. The number of benzene rings is 2. The van der Waals surface area contributed by atoms with Gasteiger partial charge in [0.2, 0.25) is 5.90 Å². The van der Waals surface area contributed by atoms with E-state index in [1.54, 1.807) is 0 Å². The van der Waals surface area contributed by atoms with Gasteiger partial charge >= 0.3 is 0 Å². The van der Waals surface area contributed by atoms with Crippen LogP contribution in [-0.4, -0.2) is 12.5 Å². The molecule has 0 saturated carbocycles. The number of aliphatic imine (C=N–C) groups is 1. The van der Waals surface area contributed by atoms with Crippen LogP contribution in [0, 0.1) is 0 Å². The monoisotopic (exact) mass is 279 g/mol. The minimum Gasteiger partial charge on any atom is -0.474 e. The molecule has 0 N–H and O–H groups in total. The Morgan fingerprint density at radius 3 is 2.62 bits per heavy atom. The molecule has 2 aromatic carbocycles. The molecule has 0 saturated heterocycles. The van der Waals surface area contributed by atoms with Crippen molar-refractivity contribution in [1.29, 1.82) is 0 Å². The first kappa shape index (κ1) is 13.4. The standard InChI is InChI=1S/C18H17NO2/c1-13(2)12-20-18-17(14-8-4-3-5-9-14)21-16-11-7-6-10-15(16)19-18/h3-11,17H,1,12H2,2H3. The second-order valence-electron chi connectivity index (χ2n) is 5.07. The highest BCUT2D eigenvalue weighted by atomic mass is 16.5. The Morgan fingerprint density at radius 1 is 1.14 bits per heavy atom. The molecule has 0 radical (unpaired) electrons. The fraction of sp³-hybridized carbons (Fsp3) is 0.167. The summed E-state index contributed by atoms with van der Waals surface area (Å²) in [5.41, 5.74) is 2.76. The van der Waals surface area contributed by atoms with Gasteiger partial charge in [-0.3, -0.25) is 0 Å². The Labute approximate surface area is 124 Å². The van der Waals surface area contributed by atoms with Crippen LogP contribution >= 0.6 is 0 Å². The summed E-state index contributed by atoms with van der Waals surface area (Å²) in [5, 5.41) is 0. The van der Waals surface area contributed by atoms with Gasteiger partial charge in [0.05, 0.1) is 0 Å². The summed E-state index contributed by atoms with van der Waals surface area (Å²) in [4.78, 5) is 4.60. The lowest BCUT2D eigenvalue weighted by Gasteiger charge is -2.26. The van der Waals surface area contributed by atoms with Crippen molar-refractivity contribution in [3.8, 4) is 5.75 Å². The molecule has 21 heavy (non-hydrogen) atoms. The highest BCUT2D eigenvalue weighted by Gasteiger charge is 2.27. The van der Waals surface area contributed by atoms with Crippen LogP contribution in [0.4, 0.5) is 5.69 Å². The Morgan fingerprint density at radius 2 is 1.86 bits per heavy atom. The maximum Gasteiger partial charge on any atom is 0.236 e. The van der Waals surface area contributed by atoms with E-state index in [2.05, 4.69) is 11.6 Å². The molecule has 3 rings (SSSR count). The van der Waals surface area contributed by atoms with Gasteiger partial charge < -0.3 is 9.47 Å². The summed E-state index contributed by atoms with van der Waals surface area (Å²) < 4.78 is 11.9. The maximum absolute atomic E-state index is 6.08. The molecule has 3 nitrogen and oxygen atoms in total. The maximum atomic E-state index is 6.08. The van der Waals surface area contributed by atoms with Gasteiger partial charge in [-0.15, -0.1) is 0 Å². The molecule has 1 heterocycles. The largest absolute Gasteiger partial charge is 0.474 e. The smallest absolute Gasteiger partial charge is 0.236 e. The van der Waals surface area contributed by atoms with E-state index in [-0.39, 0.29) is 6.10 Å². The quantitative estimate of drug-likeness (QED) is 0.777. The molecular weight excluding hydrogens is 262 g/mol. The van der Waals surface area contributed by atoms with E-state index in [0.29, 0.717) is 12.5 Å². The molecule has 0 spiro atoms. The van der Waals surface area contributed by atoms with Crippen LogP contribution < -0.4 is 4.74 Å². The van der Waals surface area contributed by atoms with Crippen molar-refractivity contribution < 1.29 is 9.47 Å². The van der Waals surface area contributed by atoms with E-state index >= 15 is 0 Å². The van der Waals surface area contributed by atoms with Gasteiger partial charge in [0.1, 0.15) is 18.0 Å². The minimum atomic E-state index is -0.319. The van der Waals surface area contributed by atoms with E-state index in [1.165, 1.54) is 0 Å². The number of rotatable bonds is 3. The van der Waals surface area contributed by atoms with Crippen LogP contribution in [0.5, 0.6) is 5.75 Å². The van der Waals surface area contributed by atoms with E-state index in [1.807, 2.05) is 61.5 Å². The van der Waals surface area contributed by atoms with Crippen molar-refractivity contribution in [2.75, 3.05) is 6.61 Å². The van der Waals surface area contributed by atoms with E-state index in [4.69, 9.17) is 9.47 Å². The van der Waals surface area contributed by atoms with Gasteiger partial charge in [-0.1, -0.05) is 49.0 Å². The van der Waals surface area contributed by atoms with Crippen molar-refractivity contribution >= 4 is 11.6 Å². The molecule has 1 aliphatic rings. The zero-order chi connectivity index (χ0) is 14.7. The molecule has 0 fully saturated rings. The summed E-state index contributed by atoms with van der Waals surface area (Å²) in [7, 11) is 0. The topological polar surface area (TPSA) is 30.8 Å². The number of nitrogens with zero attached hydrogens (tertiary/aromatic N) is 1. The molecule has 106 valence electrons. The predicted molar refractivity (Wildman–Crippen MR) is 84.1 cm³/mol. The summed E-state index contributed by atoms with van der Waals surface area (Å²) in [6, 6.07) is 17.7. The third-order valence-corrected chi connectivity index (χ3v) is 3.13. The Hall–Kier alpha value is -2.55. The molecule has 3 heteroatoms. The Balaban J connectivity index is 1.96. The third kappa shape index (κ3) is 2.97. The summed E-state index contributed by atoms with van der Waals surface area (Å²) >= 11 is 0.